The van der Waals surface area contributed by atoms with Gasteiger partial charge in [-0.25, -0.2) is 0 Å². The lowest BCUT2D eigenvalue weighted by Crippen LogP contribution is -2.52. The van der Waals surface area contributed by atoms with Crippen molar-refractivity contribution in [3.05, 3.63) is 143 Å². The molecule has 1 aliphatic heterocycles. The number of benzene rings is 3. The van der Waals surface area contributed by atoms with Crippen molar-refractivity contribution in [3.8, 4) is 0 Å². The summed E-state index contributed by atoms with van der Waals surface area (Å²) in [7, 11) is 0. The van der Waals surface area contributed by atoms with Crippen molar-refractivity contribution >= 4 is 6.08 Å². The Morgan fingerprint density at radius 3 is 1.79 bits per heavy atom. The summed E-state index contributed by atoms with van der Waals surface area (Å²) in [4.78, 5) is 6.76. The molecular weight excluding hydrogens is 404 g/mol. The van der Waals surface area contributed by atoms with Crippen molar-refractivity contribution in [2.45, 2.75) is 18.1 Å². The van der Waals surface area contributed by atoms with Gasteiger partial charge in [-0.1, -0.05) is 103 Å². The number of hydrogen-bond acceptors (Lipinski definition) is 3. The predicted octanol–water partition coefficient (Wildman–Crippen LogP) is 5.52. The predicted molar refractivity (Wildman–Crippen MR) is 134 cm³/mol. The molecule has 3 heteroatoms. The molecule has 33 heavy (non-hydrogen) atoms. The van der Waals surface area contributed by atoms with E-state index in [1.165, 1.54) is 16.7 Å². The highest BCUT2D eigenvalue weighted by molar-refractivity contribution is 5.55. The van der Waals surface area contributed by atoms with Crippen molar-refractivity contribution in [2.24, 2.45) is 0 Å². The van der Waals surface area contributed by atoms with Crippen LogP contribution in [-0.4, -0.2) is 34.2 Å². The summed E-state index contributed by atoms with van der Waals surface area (Å²) in [5.41, 5.74) is 5.22. The zero-order valence-corrected chi connectivity index (χ0v) is 18.6. The van der Waals surface area contributed by atoms with Crippen LogP contribution in [0, 0.1) is 0 Å². The zero-order valence-electron chi connectivity index (χ0n) is 18.6. The highest BCUT2D eigenvalue weighted by Crippen LogP contribution is 2.44. The largest absolute Gasteiger partial charge is 0.389 e. The summed E-state index contributed by atoms with van der Waals surface area (Å²) in [5.74, 6) is 0. The van der Waals surface area contributed by atoms with E-state index in [1.54, 1.807) is 6.20 Å². The summed E-state index contributed by atoms with van der Waals surface area (Å²) in [6.45, 7) is 1.44. The Kier molecular flexibility index (Phi) is 6.16. The Morgan fingerprint density at radius 1 is 0.758 bits per heavy atom. The van der Waals surface area contributed by atoms with Gasteiger partial charge in [-0.3, -0.25) is 9.88 Å². The van der Waals surface area contributed by atoms with Crippen LogP contribution in [0.5, 0.6) is 0 Å². The number of piperidine rings is 1. The molecule has 1 N–H and O–H groups in total. The number of aromatic nitrogens is 1. The van der Waals surface area contributed by atoms with Gasteiger partial charge in [0.2, 0.25) is 0 Å². The lowest BCUT2D eigenvalue weighted by atomic mass is 9.74. The Bertz CT molecular complexity index is 1090. The molecule has 4 aromatic rings. The fraction of sp³-hybridized carbons (Fsp3) is 0.167. The minimum absolute atomic E-state index is 0.457. The Balaban J connectivity index is 1.70. The number of nitrogens with zero attached hydrogens (tertiary/aromatic N) is 2. The normalized spacial score (nSPS) is 18.3. The van der Waals surface area contributed by atoms with E-state index in [0.717, 1.165) is 17.7 Å². The fourth-order valence-corrected chi connectivity index (χ4v) is 5.06. The highest BCUT2D eigenvalue weighted by atomic mass is 16.3. The first-order valence-electron chi connectivity index (χ1n) is 11.5. The molecule has 0 radical (unpaired) electrons. The minimum atomic E-state index is -0.474. The van der Waals surface area contributed by atoms with Gasteiger partial charge in [-0.15, -0.1) is 0 Å². The first-order chi connectivity index (χ1) is 16.3. The standard InChI is InChI=1S/C30H28N2O/c33-29-18-20-32(23-25(29)21-24-11-10-19-31-22-24)30(26-12-4-1-5-13-26,27-14-6-2-7-15-27)28-16-8-3-9-17-28/h1-17,19,21-22,29,33H,18,20,23H2/b25-21-. The van der Waals surface area contributed by atoms with E-state index in [-0.39, 0.29) is 0 Å². The SMILES string of the molecule is OC1CCN(C(c2ccccc2)(c2ccccc2)c2ccccc2)C/C1=C/c1cccnc1. The molecule has 0 spiro atoms. The van der Waals surface area contributed by atoms with Gasteiger partial charge < -0.3 is 5.11 Å². The molecule has 0 amide bonds. The third-order valence-corrected chi connectivity index (χ3v) is 6.56. The highest BCUT2D eigenvalue weighted by Gasteiger charge is 2.44. The van der Waals surface area contributed by atoms with Gasteiger partial charge in [-0.05, 0) is 40.3 Å². The molecule has 1 aliphatic rings. The molecule has 0 aliphatic carbocycles. The van der Waals surface area contributed by atoms with Crippen molar-refractivity contribution in [3.63, 3.8) is 0 Å². The van der Waals surface area contributed by atoms with Crippen LogP contribution in [-0.2, 0) is 5.54 Å². The summed E-state index contributed by atoms with van der Waals surface area (Å²) in [5, 5.41) is 10.9. The monoisotopic (exact) mass is 432 g/mol. The maximum Gasteiger partial charge on any atom is 0.0975 e. The number of likely N-dealkylation sites (tertiary alicyclic amines) is 1. The second kappa shape index (κ2) is 9.53. The van der Waals surface area contributed by atoms with Crippen molar-refractivity contribution in [1.29, 1.82) is 0 Å². The molecule has 2 heterocycles. The summed E-state index contributed by atoms with van der Waals surface area (Å²) in [6, 6.07) is 36.1. The maximum absolute atomic E-state index is 10.9. The molecule has 1 fully saturated rings. The summed E-state index contributed by atoms with van der Waals surface area (Å²) >= 11 is 0. The van der Waals surface area contributed by atoms with E-state index in [9.17, 15) is 5.11 Å². The van der Waals surface area contributed by atoms with Crippen molar-refractivity contribution < 1.29 is 5.11 Å². The van der Waals surface area contributed by atoms with Crippen molar-refractivity contribution in [2.75, 3.05) is 13.1 Å². The topological polar surface area (TPSA) is 36.4 Å². The molecule has 1 atom stereocenters. The van der Waals surface area contributed by atoms with E-state index in [2.05, 4.69) is 107 Å². The number of aliphatic hydroxyl groups is 1. The number of rotatable bonds is 5. The third-order valence-electron chi connectivity index (χ3n) is 6.56. The molecule has 1 saturated heterocycles. The van der Waals surface area contributed by atoms with E-state index in [0.29, 0.717) is 13.0 Å². The molecule has 0 bridgehead atoms. The molecule has 5 rings (SSSR count). The molecular formula is C30H28N2O. The van der Waals surface area contributed by atoms with Gasteiger partial charge in [0.05, 0.1) is 11.6 Å². The van der Waals surface area contributed by atoms with Gasteiger partial charge in [-0.2, -0.15) is 0 Å². The Hall–Kier alpha value is -3.53. The third kappa shape index (κ3) is 4.13. The zero-order chi connectivity index (χ0) is 22.5. The van der Waals surface area contributed by atoms with Gasteiger partial charge in [0.15, 0.2) is 0 Å². The Morgan fingerprint density at radius 2 is 1.30 bits per heavy atom. The molecule has 1 aromatic heterocycles. The number of hydrogen-bond donors (Lipinski definition) is 1. The first kappa shape index (κ1) is 21.3. The average molecular weight is 433 g/mol. The molecule has 3 aromatic carbocycles. The van der Waals surface area contributed by atoms with Gasteiger partial charge in [0, 0.05) is 25.5 Å². The van der Waals surface area contributed by atoms with Crippen LogP contribution in [0.25, 0.3) is 6.08 Å². The van der Waals surface area contributed by atoms with Gasteiger partial charge >= 0.3 is 0 Å². The summed E-state index contributed by atoms with van der Waals surface area (Å²) < 4.78 is 0. The van der Waals surface area contributed by atoms with E-state index in [1.807, 2.05) is 18.3 Å². The lowest BCUT2D eigenvalue weighted by molar-refractivity contribution is 0.0872. The van der Waals surface area contributed by atoms with E-state index >= 15 is 0 Å². The summed E-state index contributed by atoms with van der Waals surface area (Å²) in [6.07, 6.45) is 5.94. The number of pyridine rings is 1. The first-order valence-corrected chi connectivity index (χ1v) is 11.5. The second-order valence-corrected chi connectivity index (χ2v) is 8.54. The average Bonchev–Trinajstić information content (AvgIpc) is 2.89. The van der Waals surface area contributed by atoms with Crippen molar-refractivity contribution in [1.82, 2.24) is 9.88 Å². The van der Waals surface area contributed by atoms with Crippen LogP contribution in [0.2, 0.25) is 0 Å². The van der Waals surface area contributed by atoms with E-state index < -0.39 is 11.6 Å². The second-order valence-electron chi connectivity index (χ2n) is 8.54. The Labute approximate surface area is 195 Å². The maximum atomic E-state index is 10.9. The minimum Gasteiger partial charge on any atom is -0.389 e. The van der Waals surface area contributed by atoms with Gasteiger partial charge in [0.25, 0.3) is 0 Å². The molecule has 3 nitrogen and oxygen atoms in total. The van der Waals surface area contributed by atoms with Crippen LogP contribution in [0.1, 0.15) is 28.7 Å². The quantitative estimate of drug-likeness (QED) is 0.422. The smallest absolute Gasteiger partial charge is 0.0975 e. The fourth-order valence-electron chi connectivity index (χ4n) is 5.06. The van der Waals surface area contributed by atoms with Crippen LogP contribution >= 0.6 is 0 Å². The van der Waals surface area contributed by atoms with Crippen LogP contribution in [0.4, 0.5) is 0 Å². The van der Waals surface area contributed by atoms with Gasteiger partial charge in [0.1, 0.15) is 0 Å². The van der Waals surface area contributed by atoms with Crippen LogP contribution in [0.3, 0.4) is 0 Å². The van der Waals surface area contributed by atoms with E-state index in [4.69, 9.17) is 0 Å². The molecule has 164 valence electrons. The molecule has 0 saturated carbocycles. The molecule has 1 unspecified atom stereocenters. The number of aliphatic hydroxyl groups excluding tert-OH is 1. The van der Waals surface area contributed by atoms with Crippen LogP contribution < -0.4 is 0 Å². The lowest BCUT2D eigenvalue weighted by Gasteiger charge is -2.48. The van der Waals surface area contributed by atoms with Crippen LogP contribution in [0.15, 0.2) is 121 Å².